The van der Waals surface area contributed by atoms with Crippen molar-refractivity contribution in [3.05, 3.63) is 70.0 Å². The second-order valence-corrected chi connectivity index (χ2v) is 9.69. The van der Waals surface area contributed by atoms with E-state index in [1.807, 2.05) is 45.0 Å². The van der Waals surface area contributed by atoms with Crippen molar-refractivity contribution >= 4 is 28.5 Å². The van der Waals surface area contributed by atoms with E-state index in [2.05, 4.69) is 20.5 Å². The molecule has 0 saturated heterocycles. The van der Waals surface area contributed by atoms with Gasteiger partial charge in [0, 0.05) is 37.5 Å². The third-order valence-electron chi connectivity index (χ3n) is 4.90. The SMILES string of the molecule is CC(C)(C)OC(=O)N1CCc2cc(C(=O)Nc3nnc(Cc4cccnc4)s3)ccc2C1. The summed E-state index contributed by atoms with van der Waals surface area (Å²) in [4.78, 5) is 30.9. The van der Waals surface area contributed by atoms with Crippen LogP contribution in [-0.4, -0.2) is 44.2 Å². The van der Waals surface area contributed by atoms with Gasteiger partial charge in [-0.2, -0.15) is 0 Å². The van der Waals surface area contributed by atoms with Crippen LogP contribution < -0.4 is 5.32 Å². The molecule has 0 radical (unpaired) electrons. The van der Waals surface area contributed by atoms with Crippen molar-refractivity contribution in [1.29, 1.82) is 0 Å². The lowest BCUT2D eigenvalue weighted by Crippen LogP contribution is -2.39. The van der Waals surface area contributed by atoms with Crippen LogP contribution in [0.5, 0.6) is 0 Å². The zero-order chi connectivity index (χ0) is 22.7. The first-order valence-corrected chi connectivity index (χ1v) is 11.2. The topological polar surface area (TPSA) is 97.3 Å². The average molecular weight is 452 g/mol. The molecule has 1 aromatic carbocycles. The summed E-state index contributed by atoms with van der Waals surface area (Å²) in [5.41, 5.74) is 3.15. The molecule has 1 N–H and O–H groups in total. The van der Waals surface area contributed by atoms with E-state index < -0.39 is 5.60 Å². The first-order chi connectivity index (χ1) is 15.3. The van der Waals surface area contributed by atoms with Crippen LogP contribution in [0.4, 0.5) is 9.93 Å². The second kappa shape index (κ2) is 9.04. The van der Waals surface area contributed by atoms with Gasteiger partial charge in [0.2, 0.25) is 5.13 Å². The highest BCUT2D eigenvalue weighted by molar-refractivity contribution is 7.15. The van der Waals surface area contributed by atoms with Crippen LogP contribution in [0.2, 0.25) is 0 Å². The molecular formula is C23H25N5O3S. The smallest absolute Gasteiger partial charge is 0.410 e. The number of anilines is 1. The Balaban J connectivity index is 1.38. The predicted octanol–water partition coefficient (Wildman–Crippen LogP) is 4.07. The third-order valence-corrected chi connectivity index (χ3v) is 5.74. The van der Waals surface area contributed by atoms with E-state index in [1.165, 1.54) is 11.3 Å². The van der Waals surface area contributed by atoms with E-state index in [9.17, 15) is 9.59 Å². The first-order valence-electron chi connectivity index (χ1n) is 10.4. The lowest BCUT2D eigenvalue weighted by atomic mass is 9.97. The van der Waals surface area contributed by atoms with Gasteiger partial charge in [0.1, 0.15) is 10.6 Å². The number of aromatic nitrogens is 3. The second-order valence-electron chi connectivity index (χ2n) is 8.63. The van der Waals surface area contributed by atoms with E-state index in [-0.39, 0.29) is 12.0 Å². The van der Waals surface area contributed by atoms with Gasteiger partial charge < -0.3 is 9.64 Å². The number of hydrogen-bond donors (Lipinski definition) is 1. The highest BCUT2D eigenvalue weighted by Gasteiger charge is 2.26. The number of carbonyl (C=O) groups is 2. The molecule has 2 amide bonds. The van der Waals surface area contributed by atoms with Crippen molar-refractivity contribution in [3.63, 3.8) is 0 Å². The van der Waals surface area contributed by atoms with Crippen molar-refractivity contribution in [2.45, 2.75) is 45.8 Å². The summed E-state index contributed by atoms with van der Waals surface area (Å²) < 4.78 is 5.47. The van der Waals surface area contributed by atoms with Crippen molar-refractivity contribution < 1.29 is 14.3 Å². The molecule has 2 aromatic heterocycles. The largest absolute Gasteiger partial charge is 0.444 e. The van der Waals surface area contributed by atoms with Crippen LogP contribution in [0.1, 0.15) is 52.8 Å². The lowest BCUT2D eigenvalue weighted by Gasteiger charge is -2.31. The van der Waals surface area contributed by atoms with Crippen molar-refractivity contribution in [1.82, 2.24) is 20.1 Å². The van der Waals surface area contributed by atoms with Crippen LogP contribution in [0.15, 0.2) is 42.7 Å². The number of ether oxygens (including phenoxy) is 1. The van der Waals surface area contributed by atoms with Gasteiger partial charge in [0.15, 0.2) is 0 Å². The summed E-state index contributed by atoms with van der Waals surface area (Å²) >= 11 is 1.35. The number of hydrogen-bond acceptors (Lipinski definition) is 7. The molecular weight excluding hydrogens is 426 g/mol. The van der Waals surface area contributed by atoms with Gasteiger partial charge >= 0.3 is 6.09 Å². The highest BCUT2D eigenvalue weighted by atomic mass is 32.1. The van der Waals surface area contributed by atoms with Gasteiger partial charge in [0.25, 0.3) is 5.91 Å². The minimum absolute atomic E-state index is 0.230. The fourth-order valence-electron chi connectivity index (χ4n) is 3.40. The van der Waals surface area contributed by atoms with Crippen LogP contribution in [0.3, 0.4) is 0 Å². The minimum atomic E-state index is -0.526. The number of amides is 2. The third kappa shape index (κ3) is 5.47. The summed E-state index contributed by atoms with van der Waals surface area (Å²) in [6.45, 7) is 6.59. The summed E-state index contributed by atoms with van der Waals surface area (Å²) in [5, 5.41) is 12.3. The Labute approximate surface area is 190 Å². The Bertz CT molecular complexity index is 1120. The Morgan fingerprint density at radius 2 is 2.03 bits per heavy atom. The van der Waals surface area contributed by atoms with E-state index >= 15 is 0 Å². The Kier molecular flexibility index (Phi) is 6.18. The molecule has 0 saturated carbocycles. The van der Waals surface area contributed by atoms with E-state index in [0.717, 1.165) is 21.7 Å². The van der Waals surface area contributed by atoms with Crippen molar-refractivity contribution in [3.8, 4) is 0 Å². The fourth-order valence-corrected chi connectivity index (χ4v) is 4.17. The van der Waals surface area contributed by atoms with Crippen molar-refractivity contribution in [2.75, 3.05) is 11.9 Å². The van der Waals surface area contributed by atoms with Gasteiger partial charge in [-0.15, -0.1) is 10.2 Å². The van der Waals surface area contributed by atoms with Crippen LogP contribution in [0, 0.1) is 0 Å². The molecule has 3 heterocycles. The summed E-state index contributed by atoms with van der Waals surface area (Å²) in [7, 11) is 0. The molecule has 8 nitrogen and oxygen atoms in total. The van der Waals surface area contributed by atoms with E-state index in [4.69, 9.17) is 4.74 Å². The molecule has 0 bridgehead atoms. The Morgan fingerprint density at radius 3 is 2.78 bits per heavy atom. The van der Waals surface area contributed by atoms with Crippen LogP contribution >= 0.6 is 11.3 Å². The molecule has 1 aliphatic heterocycles. The van der Waals surface area contributed by atoms with Crippen molar-refractivity contribution in [2.24, 2.45) is 0 Å². The zero-order valence-electron chi connectivity index (χ0n) is 18.3. The molecule has 0 unspecified atom stereocenters. The summed E-state index contributed by atoms with van der Waals surface area (Å²) in [5.74, 6) is -0.230. The van der Waals surface area contributed by atoms with E-state index in [0.29, 0.717) is 36.6 Å². The number of pyridine rings is 1. The molecule has 1 aliphatic rings. The maximum Gasteiger partial charge on any atom is 0.410 e. The fraction of sp³-hybridized carbons (Fsp3) is 0.348. The number of nitrogens with one attached hydrogen (secondary N) is 1. The van der Waals surface area contributed by atoms with Gasteiger partial charge in [-0.05, 0) is 62.1 Å². The number of benzene rings is 1. The molecule has 0 fully saturated rings. The molecule has 0 aliphatic carbocycles. The summed E-state index contributed by atoms with van der Waals surface area (Å²) in [6, 6.07) is 9.40. The normalized spacial score (nSPS) is 13.4. The lowest BCUT2D eigenvalue weighted by molar-refractivity contribution is 0.0224. The molecule has 0 spiro atoms. The molecule has 4 rings (SSSR count). The Morgan fingerprint density at radius 1 is 1.19 bits per heavy atom. The zero-order valence-corrected chi connectivity index (χ0v) is 19.1. The number of rotatable bonds is 4. The molecule has 0 atom stereocenters. The van der Waals surface area contributed by atoms with Gasteiger partial charge in [-0.25, -0.2) is 4.79 Å². The average Bonchev–Trinajstić information content (AvgIpc) is 3.19. The number of carbonyl (C=O) groups excluding carboxylic acids is 2. The molecule has 3 aromatic rings. The quantitative estimate of drug-likeness (QED) is 0.642. The van der Waals surface area contributed by atoms with E-state index in [1.54, 1.807) is 23.4 Å². The minimum Gasteiger partial charge on any atom is -0.444 e. The predicted molar refractivity (Wildman–Crippen MR) is 122 cm³/mol. The van der Waals surface area contributed by atoms with Crippen LogP contribution in [0.25, 0.3) is 0 Å². The number of nitrogens with zero attached hydrogens (tertiary/aromatic N) is 4. The van der Waals surface area contributed by atoms with Gasteiger partial charge in [0.05, 0.1) is 0 Å². The summed E-state index contributed by atoms with van der Waals surface area (Å²) in [6.07, 6.45) is 4.49. The Hall–Kier alpha value is -3.33. The highest BCUT2D eigenvalue weighted by Crippen LogP contribution is 2.24. The molecule has 9 heteroatoms. The standard InChI is InChI=1S/C23H25N5O3S/c1-23(2,3)31-22(30)28-10-8-16-12-17(6-7-18(16)14-28)20(29)25-21-27-26-19(32-21)11-15-5-4-9-24-13-15/h4-7,9,12-13H,8,10-11,14H2,1-3H3,(H,25,27,29). The molecule has 166 valence electrons. The monoisotopic (exact) mass is 451 g/mol. The van der Waals surface area contributed by atoms with Gasteiger partial charge in [-0.3, -0.25) is 15.1 Å². The van der Waals surface area contributed by atoms with Crippen LogP contribution in [-0.2, 0) is 24.1 Å². The molecule has 32 heavy (non-hydrogen) atoms. The first kappa shape index (κ1) is 21.9. The number of fused-ring (bicyclic) bond motifs is 1. The maximum absolute atomic E-state index is 12.7. The van der Waals surface area contributed by atoms with Gasteiger partial charge in [-0.1, -0.05) is 23.5 Å². The maximum atomic E-state index is 12.7.